The second-order valence-corrected chi connectivity index (χ2v) is 4.92. The van der Waals surface area contributed by atoms with Gasteiger partial charge >= 0.3 is 5.97 Å². The molecule has 3 heteroatoms. The fourth-order valence-corrected chi connectivity index (χ4v) is 2.63. The highest BCUT2D eigenvalue weighted by Crippen LogP contribution is 2.30. The molecule has 88 valence electrons. The van der Waals surface area contributed by atoms with Gasteiger partial charge in [-0.25, -0.2) is 0 Å². The third kappa shape index (κ3) is 3.20. The molecule has 0 aromatic carbocycles. The Morgan fingerprint density at radius 1 is 1.47 bits per heavy atom. The van der Waals surface area contributed by atoms with Crippen molar-refractivity contribution in [2.75, 3.05) is 13.1 Å². The largest absolute Gasteiger partial charge is 0.481 e. The van der Waals surface area contributed by atoms with E-state index in [4.69, 9.17) is 5.11 Å². The van der Waals surface area contributed by atoms with Gasteiger partial charge in [0.05, 0.1) is 5.92 Å². The normalized spacial score (nSPS) is 26.5. The molecule has 0 aromatic heterocycles. The minimum Gasteiger partial charge on any atom is -0.481 e. The average Bonchev–Trinajstić information content (AvgIpc) is 2.62. The summed E-state index contributed by atoms with van der Waals surface area (Å²) in [6, 6.07) is 0.273. The van der Waals surface area contributed by atoms with Crippen molar-refractivity contribution in [3.63, 3.8) is 0 Å². The summed E-state index contributed by atoms with van der Waals surface area (Å²) in [5.41, 5.74) is 0. The Morgan fingerprint density at radius 3 is 2.60 bits per heavy atom. The quantitative estimate of drug-likeness (QED) is 0.761. The van der Waals surface area contributed by atoms with Crippen molar-refractivity contribution in [3.05, 3.63) is 0 Å². The molecule has 0 bridgehead atoms. The maximum absolute atomic E-state index is 11.1. The van der Waals surface area contributed by atoms with Gasteiger partial charge in [0.15, 0.2) is 0 Å². The highest BCUT2D eigenvalue weighted by atomic mass is 16.4. The zero-order valence-electron chi connectivity index (χ0n) is 10.1. The fraction of sp³-hybridized carbons (Fsp3) is 0.917. The van der Waals surface area contributed by atoms with Crippen molar-refractivity contribution in [1.82, 2.24) is 4.90 Å². The molecular formula is C12H23NO2. The number of rotatable bonds is 5. The van der Waals surface area contributed by atoms with Crippen molar-refractivity contribution in [2.45, 2.75) is 46.1 Å². The molecule has 2 unspecified atom stereocenters. The molecule has 0 aromatic rings. The minimum absolute atomic E-state index is 0.135. The van der Waals surface area contributed by atoms with E-state index in [-0.39, 0.29) is 12.0 Å². The van der Waals surface area contributed by atoms with E-state index in [2.05, 4.69) is 25.7 Å². The van der Waals surface area contributed by atoms with Crippen LogP contribution in [0.5, 0.6) is 0 Å². The second-order valence-electron chi connectivity index (χ2n) is 4.92. The van der Waals surface area contributed by atoms with Crippen LogP contribution in [0.4, 0.5) is 0 Å². The highest BCUT2D eigenvalue weighted by molar-refractivity contribution is 5.71. The van der Waals surface area contributed by atoms with Crippen LogP contribution in [0.3, 0.4) is 0 Å². The average molecular weight is 213 g/mol. The predicted molar refractivity (Wildman–Crippen MR) is 60.8 cm³/mol. The van der Waals surface area contributed by atoms with Gasteiger partial charge in [0.2, 0.25) is 0 Å². The Kier molecular flexibility index (Phi) is 4.58. The van der Waals surface area contributed by atoms with E-state index in [0.29, 0.717) is 5.92 Å². The topological polar surface area (TPSA) is 40.5 Å². The van der Waals surface area contributed by atoms with Crippen LogP contribution in [-0.4, -0.2) is 35.1 Å². The minimum atomic E-state index is -0.611. The van der Waals surface area contributed by atoms with Gasteiger partial charge < -0.3 is 5.11 Å². The lowest BCUT2D eigenvalue weighted by atomic mass is 10.0. The summed E-state index contributed by atoms with van der Waals surface area (Å²) in [4.78, 5) is 13.4. The van der Waals surface area contributed by atoms with Crippen LogP contribution in [0.15, 0.2) is 0 Å². The lowest BCUT2D eigenvalue weighted by Crippen LogP contribution is -2.42. The molecule has 3 nitrogen and oxygen atoms in total. The smallest absolute Gasteiger partial charge is 0.308 e. The molecule has 2 atom stereocenters. The van der Waals surface area contributed by atoms with Gasteiger partial charge in [-0.05, 0) is 25.3 Å². The summed E-state index contributed by atoms with van der Waals surface area (Å²) in [6.07, 6.45) is 2.97. The zero-order chi connectivity index (χ0) is 11.4. The molecule has 1 saturated carbocycles. The first-order valence-electron chi connectivity index (χ1n) is 6.03. The molecule has 0 radical (unpaired) electrons. The molecule has 15 heavy (non-hydrogen) atoms. The highest BCUT2D eigenvalue weighted by Gasteiger charge is 2.36. The predicted octanol–water partition coefficient (Wildman–Crippen LogP) is 2.22. The molecule has 0 spiro atoms. The standard InChI is InChI=1S/C12H23NO2/c1-4-13(8-9(2)3)11-7-5-6-10(11)12(14)15/h9-11H,4-8H2,1-3H3,(H,14,15). The maximum atomic E-state index is 11.1. The van der Waals surface area contributed by atoms with E-state index in [9.17, 15) is 4.79 Å². The number of aliphatic carboxylic acids is 1. The van der Waals surface area contributed by atoms with Gasteiger partial charge in [-0.3, -0.25) is 9.69 Å². The summed E-state index contributed by atoms with van der Waals surface area (Å²) < 4.78 is 0. The SMILES string of the molecule is CCN(CC(C)C)C1CCCC1C(=O)O. The molecular weight excluding hydrogens is 190 g/mol. The first kappa shape index (κ1) is 12.5. The fourth-order valence-electron chi connectivity index (χ4n) is 2.63. The van der Waals surface area contributed by atoms with Gasteiger partial charge in [0, 0.05) is 12.6 Å². The molecule has 0 aliphatic heterocycles. The van der Waals surface area contributed by atoms with E-state index in [1.807, 2.05) is 0 Å². The van der Waals surface area contributed by atoms with E-state index >= 15 is 0 Å². The molecule has 1 fully saturated rings. The summed E-state index contributed by atoms with van der Waals surface area (Å²) >= 11 is 0. The Balaban J connectivity index is 2.62. The van der Waals surface area contributed by atoms with Crippen LogP contribution >= 0.6 is 0 Å². The molecule has 1 aliphatic carbocycles. The maximum Gasteiger partial charge on any atom is 0.308 e. The first-order valence-corrected chi connectivity index (χ1v) is 6.03. The monoisotopic (exact) mass is 213 g/mol. The van der Waals surface area contributed by atoms with Crippen molar-refractivity contribution < 1.29 is 9.90 Å². The molecule has 0 saturated heterocycles. The zero-order valence-corrected chi connectivity index (χ0v) is 10.1. The number of nitrogens with zero attached hydrogens (tertiary/aromatic N) is 1. The van der Waals surface area contributed by atoms with Gasteiger partial charge in [0.25, 0.3) is 0 Å². The molecule has 1 N–H and O–H groups in total. The Hall–Kier alpha value is -0.570. The number of carboxylic acids is 1. The third-order valence-electron chi connectivity index (χ3n) is 3.27. The number of carbonyl (C=O) groups is 1. The van der Waals surface area contributed by atoms with E-state index in [0.717, 1.165) is 32.4 Å². The summed E-state index contributed by atoms with van der Waals surface area (Å²) in [5.74, 6) is -0.136. The van der Waals surface area contributed by atoms with Crippen LogP contribution in [0.2, 0.25) is 0 Å². The molecule has 0 amide bonds. The third-order valence-corrected chi connectivity index (χ3v) is 3.27. The second kappa shape index (κ2) is 5.50. The van der Waals surface area contributed by atoms with Gasteiger partial charge in [-0.1, -0.05) is 27.2 Å². The van der Waals surface area contributed by atoms with Crippen molar-refractivity contribution in [3.8, 4) is 0 Å². The van der Waals surface area contributed by atoms with E-state index in [1.165, 1.54) is 0 Å². The lowest BCUT2D eigenvalue weighted by Gasteiger charge is -2.31. The van der Waals surface area contributed by atoms with Crippen LogP contribution in [0, 0.1) is 11.8 Å². The number of carboxylic acid groups (broad SMARTS) is 1. The number of hydrogen-bond acceptors (Lipinski definition) is 2. The lowest BCUT2D eigenvalue weighted by molar-refractivity contribution is -0.143. The van der Waals surface area contributed by atoms with Gasteiger partial charge in [0.1, 0.15) is 0 Å². The van der Waals surface area contributed by atoms with E-state index in [1.54, 1.807) is 0 Å². The Labute approximate surface area is 92.5 Å². The van der Waals surface area contributed by atoms with Crippen LogP contribution in [0.1, 0.15) is 40.0 Å². The van der Waals surface area contributed by atoms with E-state index < -0.39 is 5.97 Å². The van der Waals surface area contributed by atoms with Gasteiger partial charge in [-0.15, -0.1) is 0 Å². The van der Waals surface area contributed by atoms with Crippen LogP contribution in [-0.2, 0) is 4.79 Å². The Bertz CT molecular complexity index is 216. The molecule has 0 heterocycles. The van der Waals surface area contributed by atoms with Crippen molar-refractivity contribution in [2.24, 2.45) is 11.8 Å². The summed E-state index contributed by atoms with van der Waals surface area (Å²) in [6.45, 7) is 8.48. The van der Waals surface area contributed by atoms with Crippen molar-refractivity contribution in [1.29, 1.82) is 0 Å². The van der Waals surface area contributed by atoms with Crippen LogP contribution < -0.4 is 0 Å². The first-order chi connectivity index (χ1) is 7.06. The van der Waals surface area contributed by atoms with Crippen molar-refractivity contribution >= 4 is 5.97 Å². The summed E-state index contributed by atoms with van der Waals surface area (Å²) in [7, 11) is 0. The Morgan fingerprint density at radius 2 is 2.13 bits per heavy atom. The molecule has 1 aliphatic rings. The molecule has 1 rings (SSSR count). The summed E-state index contributed by atoms with van der Waals surface area (Å²) in [5, 5.41) is 9.14. The number of hydrogen-bond donors (Lipinski definition) is 1. The van der Waals surface area contributed by atoms with Crippen LogP contribution in [0.25, 0.3) is 0 Å². The van der Waals surface area contributed by atoms with Gasteiger partial charge in [-0.2, -0.15) is 0 Å².